The lowest BCUT2D eigenvalue weighted by molar-refractivity contribution is 0.149. The Morgan fingerprint density at radius 3 is 2.78 bits per heavy atom. The highest BCUT2D eigenvalue weighted by molar-refractivity contribution is 7.10. The van der Waals surface area contributed by atoms with Gasteiger partial charge < -0.3 is 9.47 Å². The summed E-state index contributed by atoms with van der Waals surface area (Å²) in [5, 5.41) is 1.89. The number of nitrogens with zero attached hydrogens (tertiary/aromatic N) is 1. The normalized spacial score (nSPS) is 10.4. The number of carbonyl (C=O) groups is 1. The Bertz CT molecular complexity index is 522. The number of ether oxygens (including phenoxy) is 2. The highest BCUT2D eigenvalue weighted by atomic mass is 32.1. The van der Waals surface area contributed by atoms with Crippen molar-refractivity contribution in [1.82, 2.24) is 4.98 Å². The van der Waals surface area contributed by atoms with Crippen LogP contribution in [-0.2, 0) is 0 Å². The van der Waals surface area contributed by atoms with Crippen LogP contribution in [0.4, 0.5) is 4.79 Å². The van der Waals surface area contributed by atoms with Crippen LogP contribution in [0.3, 0.4) is 0 Å². The third kappa shape index (κ3) is 3.07. The van der Waals surface area contributed by atoms with E-state index in [0.29, 0.717) is 11.7 Å². The Morgan fingerprint density at radius 2 is 2.11 bits per heavy atom. The molecule has 0 aliphatic rings. The molecule has 0 unspecified atom stereocenters. The molecule has 2 aromatic heterocycles. The fraction of sp³-hybridized carbons (Fsp3) is 0.231. The van der Waals surface area contributed by atoms with Gasteiger partial charge in [-0.3, -0.25) is 0 Å². The second-order valence-corrected chi connectivity index (χ2v) is 4.87. The van der Waals surface area contributed by atoms with E-state index in [1.165, 1.54) is 0 Å². The van der Waals surface area contributed by atoms with Crippen LogP contribution in [-0.4, -0.2) is 11.1 Å². The Labute approximate surface area is 109 Å². The molecule has 5 heteroatoms. The number of thiophene rings is 1. The van der Waals surface area contributed by atoms with E-state index in [1.54, 1.807) is 41.8 Å². The molecule has 0 atom stereocenters. The van der Waals surface area contributed by atoms with E-state index < -0.39 is 6.16 Å². The molecule has 0 aliphatic carbocycles. The molecule has 0 N–H and O–H groups in total. The molecule has 18 heavy (non-hydrogen) atoms. The van der Waals surface area contributed by atoms with Gasteiger partial charge in [-0.05, 0) is 23.4 Å². The lowest BCUT2D eigenvalue weighted by atomic mass is 10.2. The van der Waals surface area contributed by atoms with E-state index in [0.717, 1.165) is 4.88 Å². The molecule has 2 aromatic rings. The predicted octanol–water partition coefficient (Wildman–Crippen LogP) is 3.84. The van der Waals surface area contributed by atoms with Crippen molar-refractivity contribution in [3.05, 3.63) is 40.7 Å². The fourth-order valence-corrected chi connectivity index (χ4v) is 2.25. The van der Waals surface area contributed by atoms with Crippen LogP contribution in [0.15, 0.2) is 35.8 Å². The molecule has 0 aromatic carbocycles. The van der Waals surface area contributed by atoms with Crippen LogP contribution >= 0.6 is 11.3 Å². The van der Waals surface area contributed by atoms with Gasteiger partial charge in [0.25, 0.3) is 0 Å². The van der Waals surface area contributed by atoms with Crippen molar-refractivity contribution in [3.8, 4) is 11.6 Å². The number of carbonyl (C=O) groups excluding carboxylic acids is 1. The van der Waals surface area contributed by atoms with Gasteiger partial charge in [0.1, 0.15) is 5.75 Å². The molecule has 94 valence electrons. The summed E-state index contributed by atoms with van der Waals surface area (Å²) in [6, 6.07) is 6.84. The lowest BCUT2D eigenvalue weighted by Gasteiger charge is -2.07. The van der Waals surface area contributed by atoms with E-state index in [9.17, 15) is 4.79 Å². The van der Waals surface area contributed by atoms with Gasteiger partial charge in [-0.1, -0.05) is 19.9 Å². The van der Waals surface area contributed by atoms with Gasteiger partial charge in [0, 0.05) is 17.1 Å². The Balaban J connectivity index is 2.01. The van der Waals surface area contributed by atoms with Gasteiger partial charge in [-0.15, -0.1) is 11.3 Å². The number of rotatable bonds is 3. The first-order chi connectivity index (χ1) is 8.66. The summed E-state index contributed by atoms with van der Waals surface area (Å²) in [6.45, 7) is 4.09. The maximum Gasteiger partial charge on any atom is 0.520 e. The van der Waals surface area contributed by atoms with Crippen molar-refractivity contribution in [2.24, 2.45) is 0 Å². The van der Waals surface area contributed by atoms with Gasteiger partial charge in [0.2, 0.25) is 5.88 Å². The number of aromatic nitrogens is 1. The third-order valence-corrected chi connectivity index (χ3v) is 3.40. The third-order valence-electron chi connectivity index (χ3n) is 2.20. The van der Waals surface area contributed by atoms with Crippen LogP contribution < -0.4 is 9.47 Å². The number of hydrogen-bond acceptors (Lipinski definition) is 5. The number of pyridine rings is 1. The second kappa shape index (κ2) is 5.64. The summed E-state index contributed by atoms with van der Waals surface area (Å²) in [6.07, 6.45) is 0.779. The molecule has 0 aliphatic heterocycles. The molecular formula is C13H13NO3S. The molecule has 0 saturated heterocycles. The van der Waals surface area contributed by atoms with E-state index in [1.807, 2.05) is 19.2 Å². The molecule has 0 amide bonds. The zero-order valence-electron chi connectivity index (χ0n) is 10.1. The van der Waals surface area contributed by atoms with Crippen molar-refractivity contribution in [2.45, 2.75) is 19.8 Å². The summed E-state index contributed by atoms with van der Waals surface area (Å²) in [4.78, 5) is 16.5. The molecule has 2 heterocycles. The fourth-order valence-electron chi connectivity index (χ4n) is 1.42. The average molecular weight is 263 g/mol. The topological polar surface area (TPSA) is 48.4 Å². The van der Waals surface area contributed by atoms with Crippen LogP contribution in [0.25, 0.3) is 0 Å². The van der Waals surface area contributed by atoms with Crippen molar-refractivity contribution in [3.63, 3.8) is 0 Å². The first-order valence-electron chi connectivity index (χ1n) is 5.55. The standard InChI is InChI=1S/C13H13NO3S/c1-9(2)12-10(6-8-18-12)16-13(15)17-11-5-3-4-7-14-11/h3-9H,1-2H3. The molecule has 0 saturated carbocycles. The minimum Gasteiger partial charge on any atom is -0.393 e. The van der Waals surface area contributed by atoms with Crippen molar-refractivity contribution >= 4 is 17.5 Å². The van der Waals surface area contributed by atoms with Crippen LogP contribution in [0.5, 0.6) is 11.6 Å². The van der Waals surface area contributed by atoms with E-state index >= 15 is 0 Å². The SMILES string of the molecule is CC(C)c1sccc1OC(=O)Oc1ccccn1. The van der Waals surface area contributed by atoms with Crippen molar-refractivity contribution < 1.29 is 14.3 Å². The van der Waals surface area contributed by atoms with Crippen LogP contribution in [0.1, 0.15) is 24.6 Å². The monoisotopic (exact) mass is 263 g/mol. The molecule has 0 radical (unpaired) electrons. The lowest BCUT2D eigenvalue weighted by Crippen LogP contribution is -2.14. The average Bonchev–Trinajstić information content (AvgIpc) is 2.78. The van der Waals surface area contributed by atoms with Crippen molar-refractivity contribution in [2.75, 3.05) is 0 Å². The highest BCUT2D eigenvalue weighted by Gasteiger charge is 2.15. The summed E-state index contributed by atoms with van der Waals surface area (Å²) in [5.74, 6) is 1.09. The molecule has 0 bridgehead atoms. The number of hydrogen-bond donors (Lipinski definition) is 0. The maximum absolute atomic E-state index is 11.6. The minimum absolute atomic E-state index is 0.226. The smallest absolute Gasteiger partial charge is 0.393 e. The van der Waals surface area contributed by atoms with Gasteiger partial charge in [-0.2, -0.15) is 0 Å². The summed E-state index contributed by atoms with van der Waals surface area (Å²) >= 11 is 1.56. The van der Waals surface area contributed by atoms with Crippen molar-refractivity contribution in [1.29, 1.82) is 0 Å². The molecule has 0 spiro atoms. The molecule has 2 rings (SSSR count). The largest absolute Gasteiger partial charge is 0.520 e. The van der Waals surface area contributed by atoms with Gasteiger partial charge in [0.05, 0.1) is 0 Å². The Morgan fingerprint density at radius 1 is 1.28 bits per heavy atom. The summed E-state index contributed by atoms with van der Waals surface area (Å²) in [7, 11) is 0. The molecule has 0 fully saturated rings. The quantitative estimate of drug-likeness (QED) is 0.789. The highest BCUT2D eigenvalue weighted by Crippen LogP contribution is 2.32. The predicted molar refractivity (Wildman–Crippen MR) is 69.3 cm³/mol. The van der Waals surface area contributed by atoms with Crippen LogP contribution in [0.2, 0.25) is 0 Å². The van der Waals surface area contributed by atoms with Crippen LogP contribution in [0, 0.1) is 0 Å². The first kappa shape index (κ1) is 12.6. The van der Waals surface area contributed by atoms with E-state index in [4.69, 9.17) is 9.47 Å². The first-order valence-corrected chi connectivity index (χ1v) is 6.43. The zero-order chi connectivity index (χ0) is 13.0. The molecular weight excluding hydrogens is 250 g/mol. The Kier molecular flexibility index (Phi) is 3.94. The van der Waals surface area contributed by atoms with Gasteiger partial charge in [-0.25, -0.2) is 9.78 Å². The zero-order valence-corrected chi connectivity index (χ0v) is 10.9. The Hall–Kier alpha value is -1.88. The second-order valence-electron chi connectivity index (χ2n) is 3.93. The van der Waals surface area contributed by atoms with E-state index in [2.05, 4.69) is 4.98 Å². The van der Waals surface area contributed by atoms with Gasteiger partial charge >= 0.3 is 6.16 Å². The van der Waals surface area contributed by atoms with Gasteiger partial charge in [0.15, 0.2) is 0 Å². The maximum atomic E-state index is 11.6. The van der Waals surface area contributed by atoms with E-state index in [-0.39, 0.29) is 5.88 Å². The molecule has 4 nitrogen and oxygen atoms in total. The summed E-state index contributed by atoms with van der Waals surface area (Å²) in [5.41, 5.74) is 0. The summed E-state index contributed by atoms with van der Waals surface area (Å²) < 4.78 is 10.1. The minimum atomic E-state index is -0.769.